The number of nitrogens with one attached hydrogen (secondary N) is 1. The molecule has 0 aliphatic heterocycles. The van der Waals surface area contributed by atoms with Crippen molar-refractivity contribution in [3.63, 3.8) is 0 Å². The quantitative estimate of drug-likeness (QED) is 0.571. The molecule has 0 saturated heterocycles. The van der Waals surface area contributed by atoms with Gasteiger partial charge in [-0.25, -0.2) is 15.0 Å². The molecule has 2 aromatic heterocycles. The first-order chi connectivity index (χ1) is 12.0. The highest BCUT2D eigenvalue weighted by molar-refractivity contribution is 5.93. The Morgan fingerprint density at radius 2 is 1.96 bits per heavy atom. The van der Waals surface area contributed by atoms with E-state index in [1.165, 1.54) is 0 Å². The molecule has 0 aliphatic rings. The molecule has 1 N–H and O–H groups in total. The summed E-state index contributed by atoms with van der Waals surface area (Å²) in [6.45, 7) is 2.00. The molecule has 25 heavy (non-hydrogen) atoms. The maximum Gasteiger partial charge on any atom is 0.252 e. The van der Waals surface area contributed by atoms with Crippen molar-refractivity contribution >= 4 is 23.3 Å². The van der Waals surface area contributed by atoms with Crippen molar-refractivity contribution in [2.45, 2.75) is 6.92 Å². The lowest BCUT2D eigenvalue weighted by atomic mass is 10.0. The van der Waals surface area contributed by atoms with Gasteiger partial charge in [0, 0.05) is 31.9 Å². The molecular formula is C18H21N5O2. The third-order valence-electron chi connectivity index (χ3n) is 3.76. The van der Waals surface area contributed by atoms with E-state index in [-0.39, 0.29) is 0 Å². The molecular weight excluding hydrogens is 318 g/mol. The Morgan fingerprint density at radius 1 is 1.16 bits per heavy atom. The maximum atomic E-state index is 5.59. The first-order valence-electron chi connectivity index (χ1n) is 7.82. The largest absolute Gasteiger partial charge is 0.497 e. The summed E-state index contributed by atoms with van der Waals surface area (Å²) in [5, 5.41) is 0. The molecule has 0 amide bonds. The summed E-state index contributed by atoms with van der Waals surface area (Å²) in [7, 11) is 7.07. The molecule has 130 valence electrons. The van der Waals surface area contributed by atoms with Crippen LogP contribution in [0.25, 0.3) is 22.3 Å². The zero-order chi connectivity index (χ0) is 18.0. The normalized spacial score (nSPS) is 11.2. The number of H-pyrrole nitrogens is 1. The molecule has 0 radical (unpaired) electrons. The van der Waals surface area contributed by atoms with E-state index < -0.39 is 0 Å². The van der Waals surface area contributed by atoms with Crippen LogP contribution in [0.3, 0.4) is 0 Å². The number of aromatic nitrogens is 3. The fraction of sp³-hybridized carbons (Fsp3) is 0.278. The Morgan fingerprint density at radius 3 is 2.64 bits per heavy atom. The van der Waals surface area contributed by atoms with Gasteiger partial charge in [-0.05, 0) is 24.6 Å². The molecule has 3 aromatic rings. The van der Waals surface area contributed by atoms with E-state index in [1.54, 1.807) is 20.6 Å². The van der Waals surface area contributed by atoms with E-state index >= 15 is 0 Å². The molecule has 1 aromatic carbocycles. The van der Waals surface area contributed by atoms with Crippen LogP contribution in [0.15, 0.2) is 29.4 Å². The maximum absolute atomic E-state index is 5.59. The predicted octanol–water partition coefficient (Wildman–Crippen LogP) is 3.17. The molecule has 0 fully saturated rings. The Labute approximate surface area is 146 Å². The van der Waals surface area contributed by atoms with E-state index in [0.717, 1.165) is 33.6 Å². The van der Waals surface area contributed by atoms with Gasteiger partial charge in [-0.2, -0.15) is 0 Å². The Hall–Kier alpha value is -3.09. The molecule has 7 heteroatoms. The van der Waals surface area contributed by atoms with Gasteiger partial charge >= 0.3 is 0 Å². The van der Waals surface area contributed by atoms with Crippen LogP contribution in [0.5, 0.6) is 11.5 Å². The summed E-state index contributed by atoms with van der Waals surface area (Å²) < 4.78 is 10.9. The van der Waals surface area contributed by atoms with Crippen LogP contribution in [0.4, 0.5) is 5.95 Å². The zero-order valence-electron chi connectivity index (χ0n) is 15.0. The summed E-state index contributed by atoms with van der Waals surface area (Å²) >= 11 is 0. The van der Waals surface area contributed by atoms with Gasteiger partial charge in [0.05, 0.1) is 31.6 Å². The number of fused-ring (bicyclic) bond motifs is 1. The van der Waals surface area contributed by atoms with Crippen molar-refractivity contribution in [2.24, 2.45) is 4.99 Å². The van der Waals surface area contributed by atoms with Crippen molar-refractivity contribution in [1.82, 2.24) is 19.9 Å². The number of rotatable bonds is 5. The third-order valence-corrected chi connectivity index (χ3v) is 3.76. The van der Waals surface area contributed by atoms with Crippen molar-refractivity contribution in [1.29, 1.82) is 0 Å². The van der Waals surface area contributed by atoms with E-state index in [0.29, 0.717) is 11.7 Å². The number of hydrogen-bond acceptors (Lipinski definition) is 5. The number of hydrogen-bond donors (Lipinski definition) is 1. The molecule has 2 heterocycles. The number of benzene rings is 1. The van der Waals surface area contributed by atoms with Gasteiger partial charge in [-0.15, -0.1) is 0 Å². The minimum absolute atomic E-state index is 0.396. The van der Waals surface area contributed by atoms with Crippen LogP contribution >= 0.6 is 0 Å². The van der Waals surface area contributed by atoms with Gasteiger partial charge in [-0.3, -0.25) is 0 Å². The third kappa shape index (κ3) is 3.26. The van der Waals surface area contributed by atoms with E-state index in [4.69, 9.17) is 9.47 Å². The minimum atomic E-state index is 0.396. The Bertz CT molecular complexity index is 931. The van der Waals surface area contributed by atoms with Crippen molar-refractivity contribution in [2.75, 3.05) is 28.3 Å². The minimum Gasteiger partial charge on any atom is -0.497 e. The second kappa shape index (κ2) is 6.80. The van der Waals surface area contributed by atoms with Crippen molar-refractivity contribution < 1.29 is 9.47 Å². The van der Waals surface area contributed by atoms with Gasteiger partial charge in [0.15, 0.2) is 0 Å². The number of methoxy groups -OCH3 is 2. The lowest BCUT2D eigenvalue weighted by molar-refractivity contribution is 0.395. The van der Waals surface area contributed by atoms with Gasteiger partial charge in [0.1, 0.15) is 17.2 Å². The van der Waals surface area contributed by atoms with Crippen molar-refractivity contribution in [3.8, 4) is 22.8 Å². The lowest BCUT2D eigenvalue weighted by Gasteiger charge is -2.14. The zero-order valence-corrected chi connectivity index (χ0v) is 15.0. The highest BCUT2D eigenvalue weighted by Crippen LogP contribution is 2.38. The van der Waals surface area contributed by atoms with Crippen LogP contribution in [0.1, 0.15) is 5.56 Å². The van der Waals surface area contributed by atoms with Gasteiger partial charge in [0.25, 0.3) is 5.95 Å². The molecule has 3 rings (SSSR count). The van der Waals surface area contributed by atoms with E-state index in [1.807, 2.05) is 50.3 Å². The molecule has 0 bridgehead atoms. The average Bonchev–Trinajstić information content (AvgIpc) is 3.07. The average molecular weight is 339 g/mol. The van der Waals surface area contributed by atoms with Gasteiger partial charge < -0.3 is 19.4 Å². The first kappa shape index (κ1) is 16.8. The Kier molecular flexibility index (Phi) is 4.56. The van der Waals surface area contributed by atoms with Crippen LogP contribution < -0.4 is 9.47 Å². The topological polar surface area (TPSA) is 75.6 Å². The number of nitrogens with zero attached hydrogens (tertiary/aromatic N) is 4. The highest BCUT2D eigenvalue weighted by Gasteiger charge is 2.18. The highest BCUT2D eigenvalue weighted by atomic mass is 16.5. The summed E-state index contributed by atoms with van der Waals surface area (Å²) in [6, 6.07) is 5.71. The first-order valence-corrected chi connectivity index (χ1v) is 7.82. The monoisotopic (exact) mass is 339 g/mol. The van der Waals surface area contributed by atoms with E-state index in [9.17, 15) is 0 Å². The van der Waals surface area contributed by atoms with Crippen LogP contribution in [0.2, 0.25) is 0 Å². The molecule has 0 saturated carbocycles. The summed E-state index contributed by atoms with van der Waals surface area (Å²) in [4.78, 5) is 18.5. The second-order valence-corrected chi connectivity index (χ2v) is 5.84. The second-order valence-electron chi connectivity index (χ2n) is 5.84. The fourth-order valence-electron chi connectivity index (χ4n) is 2.64. The SMILES string of the molecule is COc1cc(C)c(-c2nc(N=CN(C)C)nc3cc[nH]c23)c(OC)c1. The fourth-order valence-corrected chi connectivity index (χ4v) is 2.64. The standard InChI is InChI=1S/C18H21N5O2/c1-11-8-12(24-4)9-14(25-5)15(11)17-16-13(6-7-19-16)21-18(22-17)20-10-23(2)3/h6-10,19H,1-5H3. The van der Waals surface area contributed by atoms with E-state index in [2.05, 4.69) is 19.9 Å². The number of aromatic amines is 1. The number of aliphatic imine (C=N–C) groups is 1. The summed E-state index contributed by atoms with van der Waals surface area (Å²) in [5.74, 6) is 1.82. The molecule has 7 nitrogen and oxygen atoms in total. The molecule has 0 atom stereocenters. The smallest absolute Gasteiger partial charge is 0.252 e. The van der Waals surface area contributed by atoms with Gasteiger partial charge in [0.2, 0.25) is 0 Å². The number of ether oxygens (including phenoxy) is 2. The number of aryl methyl sites for hydroxylation is 1. The predicted molar refractivity (Wildman–Crippen MR) is 99.0 cm³/mol. The van der Waals surface area contributed by atoms with Crippen LogP contribution in [-0.2, 0) is 0 Å². The van der Waals surface area contributed by atoms with Crippen LogP contribution in [0, 0.1) is 6.92 Å². The van der Waals surface area contributed by atoms with Gasteiger partial charge in [-0.1, -0.05) is 0 Å². The summed E-state index contributed by atoms with van der Waals surface area (Å²) in [6.07, 6.45) is 3.52. The van der Waals surface area contributed by atoms with Crippen molar-refractivity contribution in [3.05, 3.63) is 30.0 Å². The molecule has 0 aliphatic carbocycles. The Balaban J connectivity index is 2.26. The molecule has 0 unspecified atom stereocenters. The molecule has 0 spiro atoms. The van der Waals surface area contributed by atoms with Crippen LogP contribution in [-0.4, -0.2) is 54.5 Å². The lowest BCUT2D eigenvalue weighted by Crippen LogP contribution is -2.07. The summed E-state index contributed by atoms with van der Waals surface area (Å²) in [5.41, 5.74) is 4.27.